The van der Waals surface area contributed by atoms with Crippen LogP contribution in [0.5, 0.6) is 0 Å². The number of thiazole rings is 1. The Labute approximate surface area is 124 Å². The van der Waals surface area contributed by atoms with Gasteiger partial charge >= 0.3 is 0 Å². The number of aromatic nitrogens is 1. The Morgan fingerprint density at radius 2 is 2.29 bits per heavy atom. The molecular formula is C13H11N5O2S. The zero-order valence-electron chi connectivity index (χ0n) is 11.0. The first-order valence-corrected chi connectivity index (χ1v) is 6.77. The molecule has 0 radical (unpaired) electrons. The van der Waals surface area contributed by atoms with Crippen molar-refractivity contribution in [1.29, 1.82) is 5.26 Å². The van der Waals surface area contributed by atoms with Crippen LogP contribution in [0.1, 0.15) is 10.7 Å². The number of nitriles is 1. The van der Waals surface area contributed by atoms with Crippen molar-refractivity contribution in [2.75, 3.05) is 5.43 Å². The van der Waals surface area contributed by atoms with Crippen LogP contribution in [0.3, 0.4) is 0 Å². The molecule has 0 aliphatic carbocycles. The van der Waals surface area contributed by atoms with Crippen LogP contribution in [0, 0.1) is 28.4 Å². The lowest BCUT2D eigenvalue weighted by atomic mass is 10.3. The third-order valence-corrected chi connectivity index (χ3v) is 3.49. The lowest BCUT2D eigenvalue weighted by molar-refractivity contribution is -0.384. The van der Waals surface area contributed by atoms with Gasteiger partial charge in [0.05, 0.1) is 4.92 Å². The van der Waals surface area contributed by atoms with Gasteiger partial charge in [-0.1, -0.05) is 12.1 Å². The van der Waals surface area contributed by atoms with Gasteiger partial charge in [-0.2, -0.15) is 5.26 Å². The number of nitrogens with one attached hydrogen (secondary N) is 2. The smallest absolute Gasteiger partial charge is 0.294 e. The van der Waals surface area contributed by atoms with E-state index in [0.29, 0.717) is 16.3 Å². The summed E-state index contributed by atoms with van der Waals surface area (Å²) in [5.41, 5.74) is 6.82. The summed E-state index contributed by atoms with van der Waals surface area (Å²) in [7, 11) is 0. The third-order valence-electron chi connectivity index (χ3n) is 2.49. The van der Waals surface area contributed by atoms with Gasteiger partial charge in [0.25, 0.3) is 5.69 Å². The van der Waals surface area contributed by atoms with Gasteiger partial charge in [-0.3, -0.25) is 15.5 Å². The Morgan fingerprint density at radius 3 is 2.90 bits per heavy atom. The minimum atomic E-state index is -0.483. The Morgan fingerprint density at radius 1 is 1.52 bits per heavy atom. The first-order chi connectivity index (χ1) is 10.1. The lowest BCUT2D eigenvalue weighted by Gasteiger charge is -2.06. The molecule has 1 heterocycles. The molecule has 2 N–H and O–H groups in total. The zero-order chi connectivity index (χ0) is 15.2. The van der Waals surface area contributed by atoms with E-state index < -0.39 is 4.92 Å². The number of benzene rings is 1. The summed E-state index contributed by atoms with van der Waals surface area (Å²) in [5.74, 6) is 0. The van der Waals surface area contributed by atoms with Crippen LogP contribution in [-0.2, 0) is 0 Å². The maximum Gasteiger partial charge on any atom is 0.294 e. The highest BCUT2D eigenvalue weighted by atomic mass is 32.1. The van der Waals surface area contributed by atoms with Gasteiger partial charge in [0.2, 0.25) is 0 Å². The Balaban J connectivity index is 2.11. The summed E-state index contributed by atoms with van der Waals surface area (Å²) in [4.78, 5) is 14.6. The van der Waals surface area contributed by atoms with Crippen LogP contribution in [0.25, 0.3) is 5.57 Å². The van der Waals surface area contributed by atoms with Gasteiger partial charge in [-0.05, 0) is 13.0 Å². The van der Waals surface area contributed by atoms with Gasteiger partial charge < -0.3 is 5.43 Å². The van der Waals surface area contributed by atoms with E-state index in [2.05, 4.69) is 15.8 Å². The summed E-state index contributed by atoms with van der Waals surface area (Å²) in [6, 6.07) is 8.25. The van der Waals surface area contributed by atoms with Crippen LogP contribution >= 0.6 is 11.3 Å². The first-order valence-electron chi connectivity index (χ1n) is 5.89. The largest absolute Gasteiger partial charge is 0.307 e. The van der Waals surface area contributed by atoms with E-state index >= 15 is 0 Å². The fourth-order valence-electron chi connectivity index (χ4n) is 1.54. The van der Waals surface area contributed by atoms with Crippen molar-refractivity contribution >= 4 is 28.3 Å². The van der Waals surface area contributed by atoms with E-state index in [1.54, 1.807) is 18.2 Å². The molecular weight excluding hydrogens is 290 g/mol. The molecule has 0 spiro atoms. The quantitative estimate of drug-likeness (QED) is 0.500. The second kappa shape index (κ2) is 6.49. The minimum Gasteiger partial charge on any atom is -0.307 e. The standard InChI is InChI=1S/C13H11N5O2S/c1-9-8-21-13(16-9)10(6-14)7-15-17-11-4-2-3-5-12(11)18(19)20/h2-5,7-8,15,17H,1H3/b10-7+. The number of rotatable bonds is 5. The van der Waals surface area contributed by atoms with Gasteiger partial charge in [0.15, 0.2) is 0 Å². The van der Waals surface area contributed by atoms with Crippen molar-refractivity contribution in [3.05, 3.63) is 56.7 Å². The van der Waals surface area contributed by atoms with E-state index in [4.69, 9.17) is 5.26 Å². The summed E-state index contributed by atoms with van der Waals surface area (Å²) >= 11 is 1.36. The van der Waals surface area contributed by atoms with Gasteiger partial charge in [-0.15, -0.1) is 11.3 Å². The highest BCUT2D eigenvalue weighted by molar-refractivity contribution is 7.10. The predicted octanol–water partition coefficient (Wildman–Crippen LogP) is 2.84. The molecule has 7 nitrogen and oxygen atoms in total. The van der Waals surface area contributed by atoms with Gasteiger partial charge in [-0.25, -0.2) is 4.98 Å². The number of hydrogen-bond donors (Lipinski definition) is 2. The monoisotopic (exact) mass is 301 g/mol. The minimum absolute atomic E-state index is 0.0537. The van der Waals surface area contributed by atoms with Crippen molar-refractivity contribution in [3.8, 4) is 6.07 Å². The fourth-order valence-corrected chi connectivity index (χ4v) is 2.31. The van der Waals surface area contributed by atoms with Crippen molar-refractivity contribution in [3.63, 3.8) is 0 Å². The van der Waals surface area contributed by atoms with Crippen LogP contribution < -0.4 is 10.9 Å². The maximum absolute atomic E-state index is 10.9. The van der Waals surface area contributed by atoms with E-state index in [9.17, 15) is 10.1 Å². The third kappa shape index (κ3) is 3.55. The average molecular weight is 301 g/mol. The second-order valence-electron chi connectivity index (χ2n) is 4.01. The predicted molar refractivity (Wildman–Crippen MR) is 80.3 cm³/mol. The molecule has 0 saturated heterocycles. The number of hydrogen-bond acceptors (Lipinski definition) is 7. The lowest BCUT2D eigenvalue weighted by Crippen LogP contribution is -2.16. The molecule has 2 aromatic rings. The normalized spacial score (nSPS) is 10.8. The average Bonchev–Trinajstić information content (AvgIpc) is 2.90. The van der Waals surface area contributed by atoms with E-state index in [1.165, 1.54) is 23.6 Å². The molecule has 0 amide bonds. The zero-order valence-corrected chi connectivity index (χ0v) is 11.8. The van der Waals surface area contributed by atoms with Crippen LogP contribution in [0.15, 0.2) is 35.8 Å². The molecule has 0 aliphatic rings. The number of nitro benzene ring substituents is 1. The van der Waals surface area contributed by atoms with Crippen molar-refractivity contribution in [2.24, 2.45) is 0 Å². The van der Waals surface area contributed by atoms with Crippen molar-refractivity contribution in [1.82, 2.24) is 10.4 Å². The Kier molecular flexibility index (Phi) is 4.48. The van der Waals surface area contributed by atoms with Crippen molar-refractivity contribution < 1.29 is 4.92 Å². The summed E-state index contributed by atoms with van der Waals surface area (Å²) in [6.45, 7) is 1.84. The molecule has 21 heavy (non-hydrogen) atoms. The molecule has 2 rings (SSSR count). The number of nitro groups is 1. The van der Waals surface area contributed by atoms with Crippen LogP contribution in [0.4, 0.5) is 11.4 Å². The molecule has 106 valence electrons. The van der Waals surface area contributed by atoms with Gasteiger partial charge in [0.1, 0.15) is 22.3 Å². The molecule has 1 aromatic heterocycles. The number of aryl methyl sites for hydroxylation is 1. The maximum atomic E-state index is 10.9. The highest BCUT2D eigenvalue weighted by Gasteiger charge is 2.11. The summed E-state index contributed by atoms with van der Waals surface area (Å²) in [6.07, 6.45) is 1.43. The van der Waals surface area contributed by atoms with Crippen LogP contribution in [0.2, 0.25) is 0 Å². The van der Waals surface area contributed by atoms with Crippen molar-refractivity contribution in [2.45, 2.75) is 6.92 Å². The SMILES string of the molecule is Cc1csc(/C(C#N)=C/NNc2ccccc2[N+](=O)[O-])n1. The number of nitrogens with zero attached hydrogens (tertiary/aromatic N) is 3. The summed E-state index contributed by atoms with van der Waals surface area (Å²) in [5, 5.41) is 22.4. The molecule has 8 heteroatoms. The van der Waals surface area contributed by atoms with E-state index in [0.717, 1.165) is 5.69 Å². The Hall–Kier alpha value is -2.92. The molecule has 0 fully saturated rings. The number of para-hydroxylation sites is 2. The number of allylic oxidation sites excluding steroid dienone is 1. The summed E-state index contributed by atoms with van der Waals surface area (Å²) < 4.78 is 0. The molecule has 0 bridgehead atoms. The molecule has 1 aromatic carbocycles. The molecule has 0 atom stereocenters. The number of anilines is 1. The second-order valence-corrected chi connectivity index (χ2v) is 4.87. The first kappa shape index (κ1) is 14.5. The molecule has 0 saturated carbocycles. The van der Waals surface area contributed by atoms with Crippen LogP contribution in [-0.4, -0.2) is 9.91 Å². The van der Waals surface area contributed by atoms with E-state index in [1.807, 2.05) is 18.4 Å². The topological polar surface area (TPSA) is 104 Å². The highest BCUT2D eigenvalue weighted by Crippen LogP contribution is 2.22. The van der Waals surface area contributed by atoms with Gasteiger partial charge in [0, 0.05) is 23.3 Å². The number of hydrazine groups is 1. The molecule has 0 unspecified atom stereocenters. The van der Waals surface area contributed by atoms with E-state index in [-0.39, 0.29) is 5.69 Å². The fraction of sp³-hybridized carbons (Fsp3) is 0.0769. The Bertz CT molecular complexity index is 732. The molecule has 0 aliphatic heterocycles.